The lowest BCUT2D eigenvalue weighted by Crippen LogP contribution is -2.51. The number of hydrogen-bond donors (Lipinski definition) is 2. The highest BCUT2D eigenvalue weighted by atomic mass is 19.1. The van der Waals surface area contributed by atoms with Gasteiger partial charge in [-0.3, -0.25) is 4.79 Å². The third kappa shape index (κ3) is 3.47. The number of benzene rings is 1. The molecule has 0 aliphatic carbocycles. The summed E-state index contributed by atoms with van der Waals surface area (Å²) in [4.78, 5) is 16.0. The van der Waals surface area contributed by atoms with Crippen LogP contribution >= 0.6 is 0 Å². The van der Waals surface area contributed by atoms with Crippen molar-refractivity contribution < 1.29 is 23.1 Å². The Morgan fingerprint density at radius 3 is 2.85 bits per heavy atom. The van der Waals surface area contributed by atoms with E-state index in [4.69, 9.17) is 4.42 Å². The summed E-state index contributed by atoms with van der Waals surface area (Å²) in [6, 6.07) is 4.87. The molecular weight excluding hydrogens is 346 g/mol. The van der Waals surface area contributed by atoms with Gasteiger partial charge < -0.3 is 14.8 Å². The summed E-state index contributed by atoms with van der Waals surface area (Å²) in [5.41, 5.74) is -2.10. The Bertz CT molecular complexity index is 884. The molecule has 1 aromatic carbocycles. The van der Waals surface area contributed by atoms with Crippen LogP contribution in [0.4, 0.5) is 8.78 Å². The van der Waals surface area contributed by atoms with Crippen molar-refractivity contribution in [2.45, 2.75) is 25.1 Å². The molecule has 2 heterocycles. The van der Waals surface area contributed by atoms with Crippen LogP contribution < -0.4 is 5.32 Å². The first-order valence-corrected chi connectivity index (χ1v) is 7.75. The Kier molecular flexibility index (Phi) is 4.81. The minimum atomic E-state index is -1.92. The van der Waals surface area contributed by atoms with Crippen molar-refractivity contribution in [1.82, 2.24) is 20.1 Å². The van der Waals surface area contributed by atoms with E-state index in [1.165, 1.54) is 36.6 Å². The summed E-state index contributed by atoms with van der Waals surface area (Å²) in [5.74, 6) is -2.25. The van der Waals surface area contributed by atoms with Gasteiger partial charge >= 0.3 is 0 Å². The Morgan fingerprint density at radius 2 is 2.23 bits per heavy atom. The Morgan fingerprint density at radius 1 is 1.42 bits per heavy atom. The molecule has 0 aliphatic heterocycles. The molecule has 0 saturated carbocycles. The summed E-state index contributed by atoms with van der Waals surface area (Å²) < 4.78 is 34.0. The van der Waals surface area contributed by atoms with Crippen LogP contribution in [0.25, 0.3) is 0 Å². The number of nitrogens with one attached hydrogen (secondary N) is 1. The maximum absolute atomic E-state index is 14.4. The van der Waals surface area contributed by atoms with Crippen LogP contribution in [-0.2, 0) is 12.1 Å². The Hall–Kier alpha value is -3.07. The van der Waals surface area contributed by atoms with E-state index >= 15 is 0 Å². The second-order valence-corrected chi connectivity index (χ2v) is 5.81. The summed E-state index contributed by atoms with van der Waals surface area (Å²) in [6.07, 6.45) is 3.93. The molecule has 2 aromatic heterocycles. The highest BCUT2D eigenvalue weighted by Gasteiger charge is 2.40. The molecule has 0 unspecified atom stereocenters. The molecule has 3 aromatic rings. The summed E-state index contributed by atoms with van der Waals surface area (Å²) in [6.45, 7) is 1.29. The van der Waals surface area contributed by atoms with Crippen LogP contribution in [0.5, 0.6) is 0 Å². The highest BCUT2D eigenvalue weighted by molar-refractivity contribution is 5.91. The molecule has 0 saturated heterocycles. The van der Waals surface area contributed by atoms with Crippen LogP contribution in [0, 0.1) is 11.6 Å². The number of carbonyl (C=O) groups is 1. The average molecular weight is 362 g/mol. The summed E-state index contributed by atoms with van der Waals surface area (Å²) >= 11 is 0. The molecule has 0 aliphatic rings. The average Bonchev–Trinajstić information content (AvgIpc) is 3.28. The SMILES string of the molecule is C[C@@H](NC(=O)c1ccco1)[C@](O)(Cn1cncn1)c1ccc(F)cc1F. The highest BCUT2D eigenvalue weighted by Crippen LogP contribution is 2.30. The van der Waals surface area contributed by atoms with E-state index in [1.54, 1.807) is 6.07 Å². The molecule has 7 nitrogen and oxygen atoms in total. The first-order valence-electron chi connectivity index (χ1n) is 7.75. The molecule has 2 N–H and O–H groups in total. The predicted molar refractivity (Wildman–Crippen MR) is 85.9 cm³/mol. The lowest BCUT2D eigenvalue weighted by atomic mass is 9.86. The number of aliphatic hydroxyl groups is 1. The van der Waals surface area contributed by atoms with Gasteiger partial charge in [-0.25, -0.2) is 18.4 Å². The smallest absolute Gasteiger partial charge is 0.287 e. The fourth-order valence-electron chi connectivity index (χ4n) is 2.65. The molecule has 136 valence electrons. The third-order valence-electron chi connectivity index (χ3n) is 4.08. The molecule has 26 heavy (non-hydrogen) atoms. The standard InChI is InChI=1S/C17H16F2N4O3/c1-11(22-16(24)15-3-2-6-26-15)17(25,8-23-10-20-9-21-23)13-5-4-12(18)7-14(13)19/h2-7,9-11,25H,8H2,1H3,(H,22,24)/t11-,17-/m1/s1. The van der Waals surface area contributed by atoms with Gasteiger partial charge in [0.2, 0.25) is 0 Å². The fraction of sp³-hybridized carbons (Fsp3) is 0.235. The number of rotatable bonds is 6. The van der Waals surface area contributed by atoms with E-state index in [9.17, 15) is 18.7 Å². The number of carbonyl (C=O) groups excluding carboxylic acids is 1. The third-order valence-corrected chi connectivity index (χ3v) is 4.08. The second kappa shape index (κ2) is 7.04. The first kappa shape index (κ1) is 17.7. The minimum absolute atomic E-state index is 0.0412. The van der Waals surface area contributed by atoms with Crippen molar-refractivity contribution >= 4 is 5.91 Å². The van der Waals surface area contributed by atoms with E-state index in [0.29, 0.717) is 6.07 Å². The van der Waals surface area contributed by atoms with E-state index in [-0.39, 0.29) is 17.9 Å². The lowest BCUT2D eigenvalue weighted by molar-refractivity contribution is -0.0188. The van der Waals surface area contributed by atoms with Crippen LogP contribution in [0.2, 0.25) is 0 Å². The van der Waals surface area contributed by atoms with Gasteiger partial charge in [-0.15, -0.1) is 0 Å². The normalized spacial score (nSPS) is 14.6. The predicted octanol–water partition coefficient (Wildman–Crippen LogP) is 1.86. The van der Waals surface area contributed by atoms with Crippen molar-refractivity contribution in [3.05, 3.63) is 72.2 Å². The van der Waals surface area contributed by atoms with Crippen molar-refractivity contribution in [2.24, 2.45) is 0 Å². The van der Waals surface area contributed by atoms with E-state index in [0.717, 1.165) is 12.1 Å². The fourth-order valence-corrected chi connectivity index (χ4v) is 2.65. The summed E-state index contributed by atoms with van der Waals surface area (Å²) in [5, 5.41) is 17.7. The van der Waals surface area contributed by atoms with Gasteiger partial charge in [0.25, 0.3) is 5.91 Å². The minimum Gasteiger partial charge on any atom is -0.459 e. The second-order valence-electron chi connectivity index (χ2n) is 5.81. The van der Waals surface area contributed by atoms with Crippen LogP contribution in [0.1, 0.15) is 23.0 Å². The Labute approximate surface area is 147 Å². The quantitative estimate of drug-likeness (QED) is 0.698. The van der Waals surface area contributed by atoms with E-state index in [1.807, 2.05) is 0 Å². The van der Waals surface area contributed by atoms with E-state index < -0.39 is 29.2 Å². The van der Waals surface area contributed by atoms with Crippen molar-refractivity contribution in [3.63, 3.8) is 0 Å². The zero-order valence-electron chi connectivity index (χ0n) is 13.8. The molecule has 1 amide bonds. The van der Waals surface area contributed by atoms with Crippen molar-refractivity contribution in [3.8, 4) is 0 Å². The zero-order chi connectivity index (χ0) is 18.7. The van der Waals surface area contributed by atoms with Gasteiger partial charge in [-0.05, 0) is 25.1 Å². The van der Waals surface area contributed by atoms with E-state index in [2.05, 4.69) is 15.4 Å². The van der Waals surface area contributed by atoms with Crippen LogP contribution in [0.15, 0.2) is 53.7 Å². The van der Waals surface area contributed by atoms with Crippen LogP contribution in [0.3, 0.4) is 0 Å². The summed E-state index contributed by atoms with van der Waals surface area (Å²) in [7, 11) is 0. The lowest BCUT2D eigenvalue weighted by Gasteiger charge is -2.35. The molecule has 0 radical (unpaired) electrons. The molecular formula is C17H16F2N4O3. The molecule has 2 atom stereocenters. The zero-order valence-corrected chi connectivity index (χ0v) is 13.8. The maximum atomic E-state index is 14.4. The molecule has 9 heteroatoms. The van der Waals surface area contributed by atoms with Gasteiger partial charge in [-0.1, -0.05) is 6.07 Å². The molecule has 0 fully saturated rings. The maximum Gasteiger partial charge on any atom is 0.287 e. The first-order chi connectivity index (χ1) is 12.4. The van der Waals surface area contributed by atoms with Gasteiger partial charge in [0.05, 0.1) is 18.8 Å². The number of furan rings is 1. The number of nitrogens with zero attached hydrogens (tertiary/aromatic N) is 3. The van der Waals surface area contributed by atoms with Crippen LogP contribution in [-0.4, -0.2) is 31.8 Å². The van der Waals surface area contributed by atoms with Gasteiger partial charge in [0.1, 0.15) is 29.9 Å². The van der Waals surface area contributed by atoms with Gasteiger partial charge in [0, 0.05) is 11.6 Å². The van der Waals surface area contributed by atoms with Gasteiger partial charge in [0.15, 0.2) is 5.76 Å². The Balaban J connectivity index is 1.95. The molecule has 0 spiro atoms. The molecule has 0 bridgehead atoms. The largest absolute Gasteiger partial charge is 0.459 e. The topological polar surface area (TPSA) is 93.2 Å². The number of hydrogen-bond acceptors (Lipinski definition) is 5. The number of amides is 1. The van der Waals surface area contributed by atoms with Crippen molar-refractivity contribution in [2.75, 3.05) is 0 Å². The number of aromatic nitrogens is 3. The molecule has 3 rings (SSSR count). The van der Waals surface area contributed by atoms with Crippen molar-refractivity contribution in [1.29, 1.82) is 0 Å². The van der Waals surface area contributed by atoms with Gasteiger partial charge in [-0.2, -0.15) is 5.10 Å². The monoisotopic (exact) mass is 362 g/mol. The number of halogens is 2.